The first-order chi connectivity index (χ1) is 10.2. The number of hydrogen-bond acceptors (Lipinski definition) is 3. The zero-order valence-corrected chi connectivity index (χ0v) is 11.8. The van der Waals surface area contributed by atoms with Gasteiger partial charge in [-0.05, 0) is 36.8 Å². The number of para-hydroxylation sites is 1. The van der Waals surface area contributed by atoms with Crippen molar-refractivity contribution in [2.75, 3.05) is 0 Å². The number of nitrogens with one attached hydrogen (secondary N) is 1. The van der Waals surface area contributed by atoms with Crippen LogP contribution in [0.1, 0.15) is 12.5 Å². The fourth-order valence-corrected chi connectivity index (χ4v) is 1.82. The van der Waals surface area contributed by atoms with E-state index in [9.17, 15) is 9.59 Å². The Kier molecular flexibility index (Phi) is 5.10. The molecule has 1 N–H and O–H groups in total. The van der Waals surface area contributed by atoms with Crippen LogP contribution in [-0.4, -0.2) is 18.2 Å². The van der Waals surface area contributed by atoms with Crippen LogP contribution < -0.4 is 10.1 Å². The summed E-state index contributed by atoms with van der Waals surface area (Å²) in [5.41, 5.74) is 0.867. The number of hydrogen-bond donors (Lipinski definition) is 1. The summed E-state index contributed by atoms with van der Waals surface area (Å²) in [7, 11) is 0. The number of ether oxygens (including phenoxy) is 1. The molecule has 21 heavy (non-hydrogen) atoms. The van der Waals surface area contributed by atoms with Crippen LogP contribution in [0, 0.1) is 0 Å². The number of amides is 1. The molecule has 0 aliphatic rings. The lowest BCUT2D eigenvalue weighted by Gasteiger charge is -2.08. The Hall–Kier alpha value is -2.62. The highest BCUT2D eigenvalue weighted by molar-refractivity contribution is 5.81. The van der Waals surface area contributed by atoms with Crippen LogP contribution in [0.4, 0.5) is 0 Å². The second-order valence-electron chi connectivity index (χ2n) is 4.73. The second-order valence-corrected chi connectivity index (χ2v) is 4.73. The van der Waals surface area contributed by atoms with Crippen LogP contribution in [0.3, 0.4) is 0 Å². The molecule has 0 radical (unpaired) electrons. The van der Waals surface area contributed by atoms with E-state index in [1.807, 2.05) is 54.6 Å². The van der Waals surface area contributed by atoms with E-state index >= 15 is 0 Å². The number of aldehydes is 1. The van der Waals surface area contributed by atoms with Crippen molar-refractivity contribution in [3.63, 3.8) is 0 Å². The average molecular weight is 283 g/mol. The van der Waals surface area contributed by atoms with Crippen molar-refractivity contribution in [3.8, 4) is 11.5 Å². The zero-order valence-electron chi connectivity index (χ0n) is 11.8. The first-order valence-corrected chi connectivity index (χ1v) is 6.74. The summed E-state index contributed by atoms with van der Waals surface area (Å²) in [6.07, 6.45) is 0.943. The zero-order chi connectivity index (χ0) is 15.1. The van der Waals surface area contributed by atoms with Gasteiger partial charge in [0.15, 0.2) is 0 Å². The third kappa shape index (κ3) is 4.76. The Morgan fingerprint density at radius 3 is 2.33 bits per heavy atom. The number of carbonyl (C=O) groups is 2. The van der Waals surface area contributed by atoms with E-state index in [1.54, 1.807) is 6.92 Å². The molecule has 0 saturated carbocycles. The highest BCUT2D eigenvalue weighted by Gasteiger charge is 2.07. The summed E-state index contributed by atoms with van der Waals surface area (Å²) in [6, 6.07) is 16.3. The fourth-order valence-electron chi connectivity index (χ4n) is 1.82. The summed E-state index contributed by atoms with van der Waals surface area (Å²) < 4.78 is 5.67. The van der Waals surface area contributed by atoms with Gasteiger partial charge in [-0.1, -0.05) is 30.3 Å². The van der Waals surface area contributed by atoms with E-state index < -0.39 is 6.04 Å². The minimum Gasteiger partial charge on any atom is -0.457 e. The van der Waals surface area contributed by atoms with Crippen LogP contribution in [0.25, 0.3) is 0 Å². The van der Waals surface area contributed by atoms with Crippen molar-refractivity contribution in [2.45, 2.75) is 19.4 Å². The van der Waals surface area contributed by atoms with Crippen LogP contribution in [0.15, 0.2) is 54.6 Å². The molecule has 4 nitrogen and oxygen atoms in total. The Morgan fingerprint density at radius 1 is 1.10 bits per heavy atom. The van der Waals surface area contributed by atoms with Crippen molar-refractivity contribution >= 4 is 12.2 Å². The van der Waals surface area contributed by atoms with E-state index in [-0.39, 0.29) is 12.3 Å². The van der Waals surface area contributed by atoms with E-state index in [0.29, 0.717) is 12.0 Å². The van der Waals surface area contributed by atoms with Gasteiger partial charge in [-0.15, -0.1) is 0 Å². The third-order valence-corrected chi connectivity index (χ3v) is 2.86. The van der Waals surface area contributed by atoms with Gasteiger partial charge < -0.3 is 14.8 Å². The molecular formula is C17H17NO3. The lowest BCUT2D eigenvalue weighted by molar-refractivity contribution is -0.123. The predicted molar refractivity (Wildman–Crippen MR) is 80.3 cm³/mol. The quantitative estimate of drug-likeness (QED) is 0.829. The topological polar surface area (TPSA) is 55.4 Å². The van der Waals surface area contributed by atoms with E-state index in [4.69, 9.17) is 4.74 Å². The highest BCUT2D eigenvalue weighted by Crippen LogP contribution is 2.21. The molecule has 1 amide bonds. The molecule has 1 atom stereocenters. The van der Waals surface area contributed by atoms with Crippen molar-refractivity contribution in [3.05, 3.63) is 60.2 Å². The molecule has 0 aliphatic carbocycles. The lowest BCUT2D eigenvalue weighted by atomic mass is 10.1. The van der Waals surface area contributed by atoms with Gasteiger partial charge in [-0.3, -0.25) is 4.79 Å². The number of benzene rings is 2. The maximum atomic E-state index is 11.7. The average Bonchev–Trinajstić information content (AvgIpc) is 2.50. The van der Waals surface area contributed by atoms with E-state index in [2.05, 4.69) is 5.32 Å². The van der Waals surface area contributed by atoms with Crippen molar-refractivity contribution in [1.29, 1.82) is 0 Å². The molecule has 0 heterocycles. The Morgan fingerprint density at radius 2 is 1.71 bits per heavy atom. The van der Waals surface area contributed by atoms with Crippen LogP contribution in [0.5, 0.6) is 11.5 Å². The SMILES string of the molecule is C[C@@H](C=O)NC(=O)Cc1ccc(Oc2ccccc2)cc1. The highest BCUT2D eigenvalue weighted by atomic mass is 16.5. The maximum absolute atomic E-state index is 11.7. The van der Waals surface area contributed by atoms with Gasteiger partial charge in [0.1, 0.15) is 17.8 Å². The lowest BCUT2D eigenvalue weighted by Crippen LogP contribution is -2.34. The number of carbonyl (C=O) groups excluding carboxylic acids is 2. The first kappa shape index (κ1) is 14.8. The maximum Gasteiger partial charge on any atom is 0.224 e. The van der Waals surface area contributed by atoms with Crippen LogP contribution in [-0.2, 0) is 16.0 Å². The van der Waals surface area contributed by atoms with Gasteiger partial charge in [0.25, 0.3) is 0 Å². The largest absolute Gasteiger partial charge is 0.457 e. The fraction of sp³-hybridized carbons (Fsp3) is 0.176. The summed E-state index contributed by atoms with van der Waals surface area (Å²) >= 11 is 0. The Labute approximate surface area is 123 Å². The van der Waals surface area contributed by atoms with Crippen LogP contribution in [0.2, 0.25) is 0 Å². The smallest absolute Gasteiger partial charge is 0.224 e. The Bertz CT molecular complexity index is 593. The van der Waals surface area contributed by atoms with Gasteiger partial charge >= 0.3 is 0 Å². The normalized spacial score (nSPS) is 11.5. The molecule has 0 bridgehead atoms. The molecule has 0 fully saturated rings. The molecule has 0 aliphatic heterocycles. The van der Waals surface area contributed by atoms with Crippen LogP contribution >= 0.6 is 0 Å². The first-order valence-electron chi connectivity index (χ1n) is 6.74. The van der Waals surface area contributed by atoms with E-state index in [1.165, 1.54) is 0 Å². The minimum atomic E-state index is -0.460. The summed E-state index contributed by atoms with van der Waals surface area (Å²) in [6.45, 7) is 1.64. The third-order valence-electron chi connectivity index (χ3n) is 2.86. The van der Waals surface area contributed by atoms with Crippen molar-refractivity contribution in [2.24, 2.45) is 0 Å². The molecule has 108 valence electrons. The molecule has 0 spiro atoms. The molecule has 2 aromatic carbocycles. The predicted octanol–water partition coefficient (Wildman–Crippen LogP) is 2.73. The van der Waals surface area contributed by atoms with Gasteiger partial charge in [-0.2, -0.15) is 0 Å². The molecule has 0 aromatic heterocycles. The molecule has 2 rings (SSSR count). The standard InChI is InChI=1S/C17H17NO3/c1-13(12-19)18-17(20)11-14-7-9-16(10-8-14)21-15-5-3-2-4-6-15/h2-10,12-13H,11H2,1H3,(H,18,20)/t13-/m0/s1. The Balaban J connectivity index is 1.93. The van der Waals surface area contributed by atoms with Gasteiger partial charge in [-0.25, -0.2) is 0 Å². The van der Waals surface area contributed by atoms with Crippen molar-refractivity contribution in [1.82, 2.24) is 5.32 Å². The monoisotopic (exact) mass is 283 g/mol. The summed E-state index contributed by atoms with van der Waals surface area (Å²) in [5, 5.41) is 2.59. The molecular weight excluding hydrogens is 266 g/mol. The van der Waals surface area contributed by atoms with Gasteiger partial charge in [0.2, 0.25) is 5.91 Å². The van der Waals surface area contributed by atoms with Crippen molar-refractivity contribution < 1.29 is 14.3 Å². The van der Waals surface area contributed by atoms with E-state index in [0.717, 1.165) is 11.3 Å². The van der Waals surface area contributed by atoms with Gasteiger partial charge in [0, 0.05) is 0 Å². The molecule has 4 heteroatoms. The molecule has 0 saturated heterocycles. The molecule has 0 unspecified atom stereocenters. The number of rotatable bonds is 6. The summed E-state index contributed by atoms with van der Waals surface area (Å²) in [4.78, 5) is 22.1. The molecule has 2 aromatic rings. The van der Waals surface area contributed by atoms with Gasteiger partial charge in [0.05, 0.1) is 12.5 Å². The summed E-state index contributed by atoms with van der Waals surface area (Å²) in [5.74, 6) is 1.31. The second kappa shape index (κ2) is 7.24. The minimum absolute atomic E-state index is 0.175.